The van der Waals surface area contributed by atoms with Gasteiger partial charge in [0.1, 0.15) is 6.04 Å². The van der Waals surface area contributed by atoms with Crippen LogP contribution in [0.3, 0.4) is 0 Å². The van der Waals surface area contributed by atoms with Gasteiger partial charge < -0.3 is 31.3 Å². The molecule has 0 aromatic rings. The molecule has 0 saturated carbocycles. The highest BCUT2D eigenvalue weighted by molar-refractivity contribution is 7.38. The van der Waals surface area contributed by atoms with Crippen LogP contribution in [0.1, 0.15) is 19.3 Å². The summed E-state index contributed by atoms with van der Waals surface area (Å²) in [6.45, 7) is 0.604. The van der Waals surface area contributed by atoms with Crippen LogP contribution in [0, 0.1) is 0 Å². The zero-order valence-corrected chi connectivity index (χ0v) is 8.60. The summed E-state index contributed by atoms with van der Waals surface area (Å²) in [6.07, 6.45) is 2.16. The van der Waals surface area contributed by atoms with Gasteiger partial charge in [-0.25, -0.2) is 0 Å². The molecule has 8 N–H and O–H groups in total. The summed E-state index contributed by atoms with van der Waals surface area (Å²) in [4.78, 5) is 31.8. The van der Waals surface area contributed by atoms with E-state index in [2.05, 4.69) is 0 Å². The van der Waals surface area contributed by atoms with E-state index in [1.54, 1.807) is 0 Å². The largest absolute Gasteiger partial charge is 0.480 e. The fourth-order valence-electron chi connectivity index (χ4n) is 0.632. The van der Waals surface area contributed by atoms with Gasteiger partial charge in [0.15, 0.2) is 0 Å². The molecular formula is C6H17N2O5P. The van der Waals surface area contributed by atoms with Gasteiger partial charge in [-0.2, -0.15) is 0 Å². The SMILES string of the molecule is NCCCCC(N)C(=O)O.OP(O)O. The molecule has 1 unspecified atom stereocenters. The van der Waals surface area contributed by atoms with E-state index in [0.29, 0.717) is 13.0 Å². The van der Waals surface area contributed by atoms with Crippen LogP contribution in [0.4, 0.5) is 0 Å². The molecule has 0 saturated heterocycles. The zero-order chi connectivity index (χ0) is 11.6. The van der Waals surface area contributed by atoms with Crippen molar-refractivity contribution < 1.29 is 24.6 Å². The lowest BCUT2D eigenvalue weighted by Gasteiger charge is -2.03. The molecule has 0 aliphatic rings. The van der Waals surface area contributed by atoms with Crippen LogP contribution < -0.4 is 11.5 Å². The molecule has 0 bridgehead atoms. The third-order valence-corrected chi connectivity index (χ3v) is 1.29. The molecule has 0 rings (SSSR count). The predicted octanol–water partition coefficient (Wildman–Crippen LogP) is -1.28. The number of aliphatic carboxylic acids is 1. The van der Waals surface area contributed by atoms with Gasteiger partial charge in [0.05, 0.1) is 0 Å². The number of carbonyl (C=O) groups is 1. The minimum absolute atomic E-state index is 0.520. The van der Waals surface area contributed by atoms with Crippen LogP contribution in [-0.4, -0.2) is 38.3 Å². The Hall–Kier alpha value is -0.300. The van der Waals surface area contributed by atoms with Gasteiger partial charge in [0.2, 0.25) is 0 Å². The van der Waals surface area contributed by atoms with E-state index in [1.165, 1.54) is 0 Å². The van der Waals surface area contributed by atoms with Crippen molar-refractivity contribution in [1.29, 1.82) is 0 Å². The molecule has 0 radical (unpaired) electrons. The maximum atomic E-state index is 10.1. The number of unbranched alkanes of at least 4 members (excludes halogenated alkanes) is 1. The van der Waals surface area contributed by atoms with Crippen LogP contribution in [0.25, 0.3) is 0 Å². The van der Waals surface area contributed by atoms with Gasteiger partial charge in [-0.15, -0.1) is 0 Å². The molecule has 86 valence electrons. The maximum absolute atomic E-state index is 10.1. The molecule has 0 amide bonds. The smallest absolute Gasteiger partial charge is 0.324 e. The van der Waals surface area contributed by atoms with E-state index in [0.717, 1.165) is 12.8 Å². The third-order valence-electron chi connectivity index (χ3n) is 1.29. The van der Waals surface area contributed by atoms with Crippen LogP contribution in [-0.2, 0) is 4.79 Å². The first-order valence-corrected chi connectivity index (χ1v) is 5.17. The fraction of sp³-hybridized carbons (Fsp3) is 0.833. The van der Waals surface area contributed by atoms with E-state index in [9.17, 15) is 4.79 Å². The van der Waals surface area contributed by atoms with Gasteiger partial charge in [-0.3, -0.25) is 4.79 Å². The second-order valence-corrected chi connectivity index (χ2v) is 3.03. The highest BCUT2D eigenvalue weighted by Crippen LogP contribution is 2.11. The summed E-state index contributed by atoms with van der Waals surface area (Å²) < 4.78 is 0. The number of nitrogens with two attached hydrogens (primary N) is 2. The quantitative estimate of drug-likeness (QED) is 0.253. The summed E-state index contributed by atoms with van der Waals surface area (Å²) in [5.74, 6) is -0.933. The maximum Gasteiger partial charge on any atom is 0.324 e. The van der Waals surface area contributed by atoms with E-state index >= 15 is 0 Å². The topological polar surface area (TPSA) is 150 Å². The average Bonchev–Trinajstić information content (AvgIpc) is 2.03. The van der Waals surface area contributed by atoms with Gasteiger partial charge in [0, 0.05) is 0 Å². The minimum atomic E-state index is -2.62. The second kappa shape index (κ2) is 10.8. The second-order valence-electron chi connectivity index (χ2n) is 2.50. The number of hydrogen-bond donors (Lipinski definition) is 6. The normalized spacial score (nSPS) is 11.9. The Labute approximate surface area is 83.3 Å². The number of rotatable bonds is 5. The van der Waals surface area contributed by atoms with Gasteiger partial charge in [0.25, 0.3) is 0 Å². The average molecular weight is 228 g/mol. The van der Waals surface area contributed by atoms with Crippen molar-refractivity contribution in [2.45, 2.75) is 25.3 Å². The van der Waals surface area contributed by atoms with Crippen LogP contribution in [0.5, 0.6) is 0 Å². The Balaban J connectivity index is 0. The Morgan fingerprint density at radius 3 is 2.00 bits per heavy atom. The molecular weight excluding hydrogens is 211 g/mol. The molecule has 0 spiro atoms. The summed E-state index contributed by atoms with van der Waals surface area (Å²) in [5, 5.41) is 8.33. The van der Waals surface area contributed by atoms with Crippen molar-refractivity contribution in [3.05, 3.63) is 0 Å². The molecule has 7 nitrogen and oxygen atoms in total. The van der Waals surface area contributed by atoms with Gasteiger partial charge in [-0.05, 0) is 19.4 Å². The Morgan fingerprint density at radius 2 is 1.71 bits per heavy atom. The highest BCUT2D eigenvalue weighted by Gasteiger charge is 2.09. The molecule has 0 aromatic heterocycles. The summed E-state index contributed by atoms with van der Waals surface area (Å²) in [7, 11) is -2.62. The van der Waals surface area contributed by atoms with Crippen LogP contribution in [0.15, 0.2) is 0 Å². The number of carboxylic acids is 1. The minimum Gasteiger partial charge on any atom is -0.480 e. The summed E-state index contributed by atoms with van der Waals surface area (Å²) in [5.41, 5.74) is 10.4. The Morgan fingerprint density at radius 1 is 1.29 bits per heavy atom. The van der Waals surface area contributed by atoms with Crippen LogP contribution in [0.2, 0.25) is 0 Å². The first-order valence-electron chi connectivity index (χ1n) is 3.97. The lowest BCUT2D eigenvalue weighted by atomic mass is 10.1. The van der Waals surface area contributed by atoms with Crippen molar-refractivity contribution in [1.82, 2.24) is 0 Å². The predicted molar refractivity (Wildman–Crippen MR) is 52.1 cm³/mol. The molecule has 8 heteroatoms. The third kappa shape index (κ3) is 17.7. The number of hydrogen-bond acceptors (Lipinski definition) is 6. The van der Waals surface area contributed by atoms with Gasteiger partial charge in [-0.1, -0.05) is 6.42 Å². The molecule has 14 heavy (non-hydrogen) atoms. The number of carboxylic acid groups (broad SMARTS) is 1. The highest BCUT2D eigenvalue weighted by atomic mass is 31.2. The van der Waals surface area contributed by atoms with Crippen molar-refractivity contribution >= 4 is 14.6 Å². The van der Waals surface area contributed by atoms with Crippen molar-refractivity contribution in [3.8, 4) is 0 Å². The molecule has 0 aromatic carbocycles. The Kier molecular flexibility index (Phi) is 12.4. The van der Waals surface area contributed by atoms with Crippen molar-refractivity contribution in [2.24, 2.45) is 11.5 Å². The van der Waals surface area contributed by atoms with E-state index in [4.69, 9.17) is 31.3 Å². The Bertz CT molecular complexity index is 143. The molecule has 1 atom stereocenters. The first-order chi connectivity index (χ1) is 6.41. The van der Waals surface area contributed by atoms with E-state index < -0.39 is 20.6 Å². The van der Waals surface area contributed by atoms with Crippen molar-refractivity contribution in [2.75, 3.05) is 6.54 Å². The van der Waals surface area contributed by atoms with Gasteiger partial charge >= 0.3 is 14.6 Å². The fourth-order valence-corrected chi connectivity index (χ4v) is 0.632. The molecule has 0 fully saturated rings. The standard InChI is InChI=1S/C6H14N2O2.H3O3P/c7-4-2-1-3-5(8)6(9)10;1-4(2)3/h5H,1-4,7-8H2,(H,9,10);1-3H. The zero-order valence-electron chi connectivity index (χ0n) is 7.70. The van der Waals surface area contributed by atoms with E-state index in [1.807, 2.05) is 0 Å². The molecule has 0 heterocycles. The lowest BCUT2D eigenvalue weighted by Crippen LogP contribution is -2.29. The monoisotopic (exact) mass is 228 g/mol. The summed E-state index contributed by atoms with van der Waals surface area (Å²) in [6, 6.07) is -0.716. The summed E-state index contributed by atoms with van der Waals surface area (Å²) >= 11 is 0. The van der Waals surface area contributed by atoms with E-state index in [-0.39, 0.29) is 0 Å². The van der Waals surface area contributed by atoms with Crippen molar-refractivity contribution in [3.63, 3.8) is 0 Å². The lowest BCUT2D eigenvalue weighted by molar-refractivity contribution is -0.138. The van der Waals surface area contributed by atoms with Crippen LogP contribution >= 0.6 is 8.60 Å². The molecule has 0 aliphatic carbocycles. The molecule has 0 aliphatic heterocycles. The first kappa shape index (κ1) is 16.1.